The first-order chi connectivity index (χ1) is 13.4. The fourth-order valence-electron chi connectivity index (χ4n) is 2.87. The van der Waals surface area contributed by atoms with Crippen LogP contribution in [-0.4, -0.2) is 17.9 Å². The molecular formula is C22H20F5N. The predicted octanol–water partition coefficient (Wildman–Crippen LogP) is 6.65. The van der Waals surface area contributed by atoms with Crippen molar-refractivity contribution in [2.45, 2.75) is 20.3 Å². The third-order valence-electron chi connectivity index (χ3n) is 3.96. The molecule has 2 aromatic rings. The molecular weight excluding hydrogens is 373 g/mol. The SMILES string of the molecule is C=C1C=CC(c2ccccc2)=C(c2c(F)cc(F)cc2F)N1CC(F)F.CC. The van der Waals surface area contributed by atoms with Gasteiger partial charge in [0.05, 0.1) is 17.8 Å². The summed E-state index contributed by atoms with van der Waals surface area (Å²) in [4.78, 5) is 1.05. The Bertz CT molecular complexity index is 877. The van der Waals surface area contributed by atoms with E-state index in [1.807, 2.05) is 13.8 Å². The van der Waals surface area contributed by atoms with Gasteiger partial charge in [0, 0.05) is 23.4 Å². The van der Waals surface area contributed by atoms with E-state index in [4.69, 9.17) is 0 Å². The number of allylic oxidation sites excluding steroid dienone is 3. The maximum atomic E-state index is 14.4. The summed E-state index contributed by atoms with van der Waals surface area (Å²) in [7, 11) is 0. The molecule has 0 N–H and O–H groups in total. The minimum Gasteiger partial charge on any atom is -0.335 e. The van der Waals surface area contributed by atoms with Gasteiger partial charge in [0.15, 0.2) is 0 Å². The first-order valence-corrected chi connectivity index (χ1v) is 8.75. The molecule has 0 saturated carbocycles. The van der Waals surface area contributed by atoms with E-state index in [0.29, 0.717) is 23.3 Å². The van der Waals surface area contributed by atoms with Crippen LogP contribution in [0.25, 0.3) is 11.3 Å². The van der Waals surface area contributed by atoms with Crippen LogP contribution in [0.4, 0.5) is 22.0 Å². The molecule has 0 saturated heterocycles. The minimum absolute atomic E-state index is 0.112. The Hall–Kier alpha value is -2.89. The Kier molecular flexibility index (Phi) is 7.15. The Morgan fingerprint density at radius 3 is 2.04 bits per heavy atom. The number of hydrogen-bond acceptors (Lipinski definition) is 1. The van der Waals surface area contributed by atoms with Crippen LogP contribution in [0.1, 0.15) is 25.0 Å². The lowest BCUT2D eigenvalue weighted by Gasteiger charge is -2.33. The molecule has 1 aliphatic heterocycles. The molecule has 0 atom stereocenters. The lowest BCUT2D eigenvalue weighted by atomic mass is 9.94. The second-order valence-electron chi connectivity index (χ2n) is 5.70. The Balaban J connectivity index is 0.00000136. The van der Waals surface area contributed by atoms with E-state index in [0.717, 1.165) is 4.90 Å². The van der Waals surface area contributed by atoms with Crippen molar-refractivity contribution in [2.75, 3.05) is 6.54 Å². The van der Waals surface area contributed by atoms with Crippen LogP contribution in [0.2, 0.25) is 0 Å². The van der Waals surface area contributed by atoms with E-state index in [9.17, 15) is 22.0 Å². The third-order valence-corrected chi connectivity index (χ3v) is 3.96. The molecule has 2 aromatic carbocycles. The average Bonchev–Trinajstić information content (AvgIpc) is 2.66. The van der Waals surface area contributed by atoms with Crippen LogP contribution in [0.15, 0.2) is 66.9 Å². The summed E-state index contributed by atoms with van der Waals surface area (Å²) in [6.07, 6.45) is 0.280. The van der Waals surface area contributed by atoms with Crippen molar-refractivity contribution in [3.05, 3.63) is 95.5 Å². The van der Waals surface area contributed by atoms with Crippen molar-refractivity contribution >= 4 is 11.3 Å². The molecule has 1 heterocycles. The van der Waals surface area contributed by atoms with E-state index < -0.39 is 36.0 Å². The van der Waals surface area contributed by atoms with E-state index in [1.165, 1.54) is 6.08 Å². The number of hydrogen-bond donors (Lipinski definition) is 0. The zero-order valence-electron chi connectivity index (χ0n) is 15.5. The van der Waals surface area contributed by atoms with Crippen molar-refractivity contribution in [3.63, 3.8) is 0 Å². The second kappa shape index (κ2) is 9.35. The van der Waals surface area contributed by atoms with Crippen LogP contribution in [0.3, 0.4) is 0 Å². The lowest BCUT2D eigenvalue weighted by molar-refractivity contribution is 0.123. The monoisotopic (exact) mass is 393 g/mol. The zero-order chi connectivity index (χ0) is 20.8. The summed E-state index contributed by atoms with van der Waals surface area (Å²) in [6.45, 7) is 6.88. The lowest BCUT2D eigenvalue weighted by Crippen LogP contribution is -2.29. The van der Waals surface area contributed by atoms with E-state index in [2.05, 4.69) is 6.58 Å². The molecule has 148 valence electrons. The van der Waals surface area contributed by atoms with Gasteiger partial charge in [-0.05, 0) is 11.6 Å². The molecule has 0 unspecified atom stereocenters. The van der Waals surface area contributed by atoms with Gasteiger partial charge in [-0.25, -0.2) is 22.0 Å². The molecule has 3 rings (SSSR count). The van der Waals surface area contributed by atoms with Gasteiger partial charge in [-0.2, -0.15) is 0 Å². The van der Waals surface area contributed by atoms with Crippen molar-refractivity contribution in [2.24, 2.45) is 0 Å². The number of rotatable bonds is 4. The van der Waals surface area contributed by atoms with E-state index in [-0.39, 0.29) is 11.4 Å². The van der Waals surface area contributed by atoms with Crippen LogP contribution >= 0.6 is 0 Å². The fourth-order valence-corrected chi connectivity index (χ4v) is 2.87. The topological polar surface area (TPSA) is 3.24 Å². The molecule has 6 heteroatoms. The van der Waals surface area contributed by atoms with Gasteiger partial charge in [-0.15, -0.1) is 0 Å². The van der Waals surface area contributed by atoms with Gasteiger partial charge in [-0.3, -0.25) is 0 Å². The molecule has 0 radical (unpaired) electrons. The van der Waals surface area contributed by atoms with Crippen molar-refractivity contribution in [1.82, 2.24) is 4.90 Å². The maximum Gasteiger partial charge on any atom is 0.256 e. The standard InChI is InChI=1S/C20H14F5N.C2H6/c1-12-7-8-15(13-5-3-2-4-6-13)20(26(12)11-18(24)25)19-16(22)9-14(21)10-17(19)23;1-2/h2-10,18H,1,11H2;1-2H3. The largest absolute Gasteiger partial charge is 0.335 e. The Morgan fingerprint density at radius 2 is 1.50 bits per heavy atom. The summed E-state index contributed by atoms with van der Waals surface area (Å²) in [5.41, 5.74) is 0.384. The molecule has 0 aromatic heterocycles. The van der Waals surface area contributed by atoms with Gasteiger partial charge < -0.3 is 4.90 Å². The highest BCUT2D eigenvalue weighted by atomic mass is 19.3. The molecule has 0 bridgehead atoms. The van der Waals surface area contributed by atoms with E-state index >= 15 is 0 Å². The highest BCUT2D eigenvalue weighted by molar-refractivity contribution is 5.97. The van der Waals surface area contributed by atoms with Gasteiger partial charge in [0.1, 0.15) is 17.5 Å². The van der Waals surface area contributed by atoms with Gasteiger partial charge >= 0.3 is 0 Å². The van der Waals surface area contributed by atoms with Crippen LogP contribution in [-0.2, 0) is 0 Å². The maximum absolute atomic E-state index is 14.4. The average molecular weight is 393 g/mol. The van der Waals surface area contributed by atoms with Crippen molar-refractivity contribution in [1.29, 1.82) is 0 Å². The van der Waals surface area contributed by atoms with Crippen LogP contribution in [0, 0.1) is 17.5 Å². The number of halogens is 5. The fraction of sp³-hybridized carbons (Fsp3) is 0.182. The number of benzene rings is 2. The van der Waals surface area contributed by atoms with Crippen LogP contribution in [0.5, 0.6) is 0 Å². The van der Waals surface area contributed by atoms with Crippen LogP contribution < -0.4 is 0 Å². The normalized spacial score (nSPS) is 13.7. The highest BCUT2D eigenvalue weighted by Gasteiger charge is 2.29. The molecule has 28 heavy (non-hydrogen) atoms. The van der Waals surface area contributed by atoms with Gasteiger partial charge in [0.2, 0.25) is 0 Å². The number of alkyl halides is 2. The Labute approximate surface area is 161 Å². The molecule has 1 aliphatic rings. The minimum atomic E-state index is -2.77. The first-order valence-electron chi connectivity index (χ1n) is 8.75. The summed E-state index contributed by atoms with van der Waals surface area (Å²) in [5.74, 6) is -3.43. The third kappa shape index (κ3) is 4.50. The molecule has 0 fully saturated rings. The van der Waals surface area contributed by atoms with Crippen molar-refractivity contribution < 1.29 is 22.0 Å². The predicted molar refractivity (Wildman–Crippen MR) is 102 cm³/mol. The van der Waals surface area contributed by atoms with E-state index in [1.54, 1.807) is 36.4 Å². The molecule has 1 nitrogen and oxygen atoms in total. The summed E-state index contributed by atoms with van der Waals surface area (Å²) in [6, 6.07) is 9.61. The molecule has 0 amide bonds. The smallest absolute Gasteiger partial charge is 0.256 e. The summed E-state index contributed by atoms with van der Waals surface area (Å²) < 4.78 is 68.4. The quantitative estimate of drug-likeness (QED) is 0.526. The molecule has 0 spiro atoms. The zero-order valence-corrected chi connectivity index (χ0v) is 15.5. The second-order valence-corrected chi connectivity index (χ2v) is 5.70. The summed E-state index contributed by atoms with van der Waals surface area (Å²) >= 11 is 0. The van der Waals surface area contributed by atoms with Gasteiger partial charge in [0.25, 0.3) is 6.43 Å². The summed E-state index contributed by atoms with van der Waals surface area (Å²) in [5, 5.41) is 0. The number of nitrogens with zero attached hydrogens (tertiary/aromatic N) is 1. The van der Waals surface area contributed by atoms with Crippen molar-refractivity contribution in [3.8, 4) is 0 Å². The molecule has 0 aliphatic carbocycles. The first kappa shape index (κ1) is 21.4. The Morgan fingerprint density at radius 1 is 0.929 bits per heavy atom. The van der Waals surface area contributed by atoms with Gasteiger partial charge in [-0.1, -0.05) is 56.8 Å². The highest BCUT2D eigenvalue weighted by Crippen LogP contribution is 2.39.